The lowest BCUT2D eigenvalue weighted by Crippen LogP contribution is -2.27. The van der Waals surface area contributed by atoms with Crippen LogP contribution in [0.3, 0.4) is 0 Å². The third-order valence-corrected chi connectivity index (χ3v) is 10.2. The third kappa shape index (κ3) is 47.8. The van der Waals surface area contributed by atoms with Gasteiger partial charge in [0.2, 0.25) is 0 Å². The minimum atomic E-state index is -0.561. The number of rotatable bonds is 44. The summed E-state index contributed by atoms with van der Waals surface area (Å²) in [6.45, 7) is 5.14. The van der Waals surface area contributed by atoms with Gasteiger partial charge in [0.1, 0.15) is 6.10 Å². The Kier molecular flexibility index (Phi) is 47.6. The largest absolute Gasteiger partial charge is 0.457 e. The van der Waals surface area contributed by atoms with Crippen LogP contribution in [0.2, 0.25) is 0 Å². The fourth-order valence-electron chi connectivity index (χ4n) is 6.66. The number of hydrogen-bond donors (Lipinski definition) is 1. The van der Waals surface area contributed by atoms with Gasteiger partial charge in [0.15, 0.2) is 0 Å². The maximum atomic E-state index is 12.2. The van der Waals surface area contributed by atoms with E-state index < -0.39 is 6.10 Å². The Morgan fingerprint density at radius 1 is 0.439 bits per heavy atom. The zero-order chi connectivity index (χ0) is 41.2. The molecule has 328 valence electrons. The van der Waals surface area contributed by atoms with Gasteiger partial charge >= 0.3 is 5.97 Å². The van der Waals surface area contributed by atoms with Crippen LogP contribution in [0.5, 0.6) is 0 Å². The lowest BCUT2D eigenvalue weighted by Gasteiger charge is -2.15. The van der Waals surface area contributed by atoms with E-state index in [2.05, 4.69) is 98.9 Å². The van der Waals surface area contributed by atoms with Crippen LogP contribution in [0.1, 0.15) is 219 Å². The molecule has 0 aromatic heterocycles. The number of carbonyl (C=O) groups excluding carboxylic acids is 1. The lowest BCUT2D eigenvalue weighted by atomic mass is 10.0. The summed E-state index contributed by atoms with van der Waals surface area (Å²) in [7, 11) is 0. The quantitative estimate of drug-likeness (QED) is 0.0379. The number of hydrogen-bond acceptors (Lipinski definition) is 4. The number of unbranched alkanes of at least 4 members (excludes halogenated alkanes) is 22. The molecule has 0 amide bonds. The zero-order valence-electron chi connectivity index (χ0n) is 37.6. The number of carbonyl (C=O) groups is 1. The van der Waals surface area contributed by atoms with Crippen molar-refractivity contribution < 1.29 is 19.4 Å². The van der Waals surface area contributed by atoms with Crippen LogP contribution in [0.4, 0.5) is 0 Å². The number of aliphatic hydroxyl groups excluding tert-OH is 1. The molecule has 1 atom stereocenters. The predicted octanol–water partition coefficient (Wildman–Crippen LogP) is 16.3. The van der Waals surface area contributed by atoms with Crippen molar-refractivity contribution in [3.63, 3.8) is 0 Å². The van der Waals surface area contributed by atoms with Crippen LogP contribution in [-0.4, -0.2) is 37.0 Å². The highest BCUT2D eigenvalue weighted by Gasteiger charge is 2.13. The highest BCUT2D eigenvalue weighted by Crippen LogP contribution is 2.15. The first-order valence-electron chi connectivity index (χ1n) is 24.2. The van der Waals surface area contributed by atoms with Crippen LogP contribution in [0, 0.1) is 0 Å². The van der Waals surface area contributed by atoms with Gasteiger partial charge in [-0.3, -0.25) is 4.79 Å². The van der Waals surface area contributed by atoms with Gasteiger partial charge in [-0.1, -0.05) is 227 Å². The molecule has 0 rings (SSSR count). The van der Waals surface area contributed by atoms with Crippen molar-refractivity contribution in [2.45, 2.75) is 225 Å². The van der Waals surface area contributed by atoms with Gasteiger partial charge in [0.25, 0.3) is 0 Å². The summed E-state index contributed by atoms with van der Waals surface area (Å²) in [6, 6.07) is 0. The number of esters is 1. The van der Waals surface area contributed by atoms with E-state index in [1.54, 1.807) is 0 Å². The first-order valence-corrected chi connectivity index (χ1v) is 24.2. The number of allylic oxidation sites excluding steroid dienone is 14. The SMILES string of the molecule is CC/C=C\C/C=C\C/C=C\C/C=C\C/C=C\C/C=C\C/C=C\CCCCOCC(CO)OC(=O)CCCCCCCCCCCCCCCCCCCCCCC. The summed E-state index contributed by atoms with van der Waals surface area (Å²) in [5.41, 5.74) is 0. The smallest absolute Gasteiger partial charge is 0.306 e. The van der Waals surface area contributed by atoms with Crippen molar-refractivity contribution in [1.82, 2.24) is 0 Å². The van der Waals surface area contributed by atoms with E-state index in [0.717, 1.165) is 77.0 Å². The van der Waals surface area contributed by atoms with E-state index in [4.69, 9.17) is 9.47 Å². The fraction of sp³-hybridized carbons (Fsp3) is 0.717. The molecule has 0 heterocycles. The molecule has 0 aromatic rings. The summed E-state index contributed by atoms with van der Waals surface area (Å²) in [4.78, 5) is 12.2. The Bertz CT molecular complexity index is 1020. The average molecular weight is 793 g/mol. The highest BCUT2D eigenvalue weighted by atomic mass is 16.6. The van der Waals surface area contributed by atoms with Crippen molar-refractivity contribution in [3.8, 4) is 0 Å². The molecule has 1 N–H and O–H groups in total. The molecule has 0 aliphatic heterocycles. The summed E-state index contributed by atoms with van der Waals surface area (Å²) in [6.07, 6.45) is 69.5. The number of ether oxygens (including phenoxy) is 2. The van der Waals surface area contributed by atoms with Gasteiger partial charge in [0, 0.05) is 13.0 Å². The summed E-state index contributed by atoms with van der Waals surface area (Å²) in [5, 5.41) is 9.63. The standard InChI is InChI=1S/C53H92O4/c1-3-5-7-9-11-13-15-17-19-21-23-25-26-27-29-31-33-35-37-39-41-43-45-47-49-56-51-52(50-54)57-53(55)48-46-44-42-40-38-36-34-32-30-28-24-22-20-18-16-14-12-10-8-6-4-2/h5,7,11,13,17,19,23,25,27,29,33,35,39,41,52,54H,3-4,6,8-10,12,14-16,18,20-22,24,26,28,30-32,34,36-38,40,42-51H2,1-2H3/b7-5-,13-11-,19-17-,25-23-,29-27-,35-33-,41-39-. The summed E-state index contributed by atoms with van der Waals surface area (Å²) < 4.78 is 11.2. The Hall–Kier alpha value is -2.43. The minimum Gasteiger partial charge on any atom is -0.457 e. The van der Waals surface area contributed by atoms with Gasteiger partial charge in [0.05, 0.1) is 13.2 Å². The second-order valence-electron chi connectivity index (χ2n) is 15.8. The summed E-state index contributed by atoms with van der Waals surface area (Å²) >= 11 is 0. The van der Waals surface area contributed by atoms with Crippen LogP contribution in [-0.2, 0) is 14.3 Å². The van der Waals surface area contributed by atoms with Gasteiger partial charge in [-0.25, -0.2) is 0 Å². The van der Waals surface area contributed by atoms with Crippen molar-refractivity contribution in [2.24, 2.45) is 0 Å². The first-order chi connectivity index (χ1) is 28.2. The molecule has 0 saturated carbocycles. The van der Waals surface area contributed by atoms with E-state index in [0.29, 0.717) is 13.0 Å². The molecular weight excluding hydrogens is 701 g/mol. The van der Waals surface area contributed by atoms with Crippen LogP contribution >= 0.6 is 0 Å². The average Bonchev–Trinajstić information content (AvgIpc) is 3.22. The molecule has 0 saturated heterocycles. The Balaban J connectivity index is 3.52. The Morgan fingerprint density at radius 3 is 1.16 bits per heavy atom. The van der Waals surface area contributed by atoms with E-state index in [1.165, 1.54) is 122 Å². The second kappa shape index (κ2) is 49.7. The minimum absolute atomic E-state index is 0.192. The molecule has 0 fully saturated rings. The molecule has 0 bridgehead atoms. The maximum absolute atomic E-state index is 12.2. The van der Waals surface area contributed by atoms with Gasteiger partial charge < -0.3 is 14.6 Å². The normalized spacial score (nSPS) is 13.1. The molecule has 0 aliphatic carbocycles. The van der Waals surface area contributed by atoms with E-state index >= 15 is 0 Å². The molecule has 0 aromatic carbocycles. The van der Waals surface area contributed by atoms with Crippen molar-refractivity contribution in [2.75, 3.05) is 19.8 Å². The summed E-state index contributed by atoms with van der Waals surface area (Å²) in [5.74, 6) is -0.215. The van der Waals surface area contributed by atoms with Crippen molar-refractivity contribution >= 4 is 5.97 Å². The molecule has 0 spiro atoms. The predicted molar refractivity (Wildman–Crippen MR) is 251 cm³/mol. The molecule has 57 heavy (non-hydrogen) atoms. The van der Waals surface area contributed by atoms with E-state index in [1.807, 2.05) is 0 Å². The van der Waals surface area contributed by atoms with Crippen LogP contribution in [0.25, 0.3) is 0 Å². The van der Waals surface area contributed by atoms with Crippen LogP contribution < -0.4 is 0 Å². The third-order valence-electron chi connectivity index (χ3n) is 10.2. The molecule has 0 radical (unpaired) electrons. The highest BCUT2D eigenvalue weighted by molar-refractivity contribution is 5.69. The topological polar surface area (TPSA) is 55.8 Å². The van der Waals surface area contributed by atoms with Gasteiger partial charge in [-0.15, -0.1) is 0 Å². The molecular formula is C53H92O4. The Morgan fingerprint density at radius 2 is 0.789 bits per heavy atom. The van der Waals surface area contributed by atoms with Gasteiger partial charge in [-0.2, -0.15) is 0 Å². The monoisotopic (exact) mass is 793 g/mol. The molecule has 4 nitrogen and oxygen atoms in total. The molecule has 4 heteroatoms. The molecule has 0 aliphatic rings. The lowest BCUT2D eigenvalue weighted by molar-refractivity contribution is -0.154. The Labute approximate surface area is 354 Å². The van der Waals surface area contributed by atoms with Crippen molar-refractivity contribution in [3.05, 3.63) is 85.1 Å². The number of aliphatic hydroxyl groups is 1. The fourth-order valence-corrected chi connectivity index (χ4v) is 6.66. The zero-order valence-corrected chi connectivity index (χ0v) is 37.6. The maximum Gasteiger partial charge on any atom is 0.306 e. The molecule has 1 unspecified atom stereocenters. The van der Waals surface area contributed by atoms with E-state index in [-0.39, 0.29) is 19.2 Å². The van der Waals surface area contributed by atoms with Crippen molar-refractivity contribution in [1.29, 1.82) is 0 Å². The second-order valence-corrected chi connectivity index (χ2v) is 15.8. The van der Waals surface area contributed by atoms with Gasteiger partial charge in [-0.05, 0) is 70.6 Å². The first kappa shape index (κ1) is 54.6. The van der Waals surface area contributed by atoms with Crippen LogP contribution in [0.15, 0.2) is 85.1 Å². The van der Waals surface area contributed by atoms with E-state index in [9.17, 15) is 9.90 Å².